The molecule has 3 rings (SSSR count). The third kappa shape index (κ3) is 2.74. The molecule has 6 nitrogen and oxygen atoms in total. The summed E-state index contributed by atoms with van der Waals surface area (Å²) in [6.45, 7) is 0. The van der Waals surface area contributed by atoms with Crippen molar-refractivity contribution >= 4 is 32.6 Å². The molecule has 0 spiro atoms. The summed E-state index contributed by atoms with van der Waals surface area (Å²) in [4.78, 5) is 12.0. The molecule has 0 saturated heterocycles. The fourth-order valence-corrected chi connectivity index (χ4v) is 2.81. The first-order chi connectivity index (χ1) is 9.95. The van der Waals surface area contributed by atoms with E-state index in [4.69, 9.17) is 11.8 Å². The van der Waals surface area contributed by atoms with Crippen molar-refractivity contribution in [1.82, 2.24) is 19.0 Å². The van der Waals surface area contributed by atoms with Crippen molar-refractivity contribution in [2.24, 2.45) is 0 Å². The van der Waals surface area contributed by atoms with E-state index in [1.165, 1.54) is 16.5 Å². The number of rotatable bonds is 3. The van der Waals surface area contributed by atoms with E-state index in [1.807, 2.05) is 12.1 Å². The van der Waals surface area contributed by atoms with Crippen molar-refractivity contribution < 1.29 is 8.42 Å². The highest BCUT2D eigenvalue weighted by molar-refractivity contribution is 7.90. The molecule has 0 aliphatic rings. The maximum atomic E-state index is 11.3. The Kier molecular flexibility index (Phi) is 3.38. The Balaban J connectivity index is 1.96. The molecule has 0 radical (unpaired) electrons. The van der Waals surface area contributed by atoms with Gasteiger partial charge in [-0.05, 0) is 23.3 Å². The lowest BCUT2D eigenvalue weighted by Crippen LogP contribution is -2.04. The van der Waals surface area contributed by atoms with Crippen LogP contribution in [-0.2, 0) is 16.3 Å². The van der Waals surface area contributed by atoms with Gasteiger partial charge in [0.25, 0.3) is 0 Å². The van der Waals surface area contributed by atoms with Crippen LogP contribution in [0.5, 0.6) is 0 Å². The molecule has 0 bridgehead atoms. The Bertz CT molecular complexity index is 904. The average molecular weight is 323 g/mol. The first-order valence-corrected chi connectivity index (χ1v) is 8.30. The van der Waals surface area contributed by atoms with Crippen LogP contribution in [0.25, 0.3) is 11.0 Å². The molecule has 108 valence electrons. The zero-order valence-electron chi connectivity index (χ0n) is 11.1. The van der Waals surface area contributed by atoms with Crippen molar-refractivity contribution in [3.63, 3.8) is 0 Å². The Morgan fingerprint density at radius 1 is 1.24 bits per heavy atom. The van der Waals surface area contributed by atoms with Gasteiger partial charge in [-0.1, -0.05) is 0 Å². The van der Waals surface area contributed by atoms with Crippen LogP contribution in [0.3, 0.4) is 0 Å². The molecular weight excluding hydrogens is 312 g/mol. The van der Waals surface area contributed by atoms with Crippen LogP contribution < -0.4 is 0 Å². The zero-order valence-corrected chi connectivity index (χ0v) is 12.6. The molecule has 0 aliphatic heterocycles. The molecule has 3 aromatic rings. The van der Waals surface area contributed by atoms with Gasteiger partial charge < -0.3 is 0 Å². The zero-order chi connectivity index (χ0) is 15.0. The highest BCUT2D eigenvalue weighted by Gasteiger charge is 2.12. The lowest BCUT2D eigenvalue weighted by molar-refractivity contribution is 0.592. The summed E-state index contributed by atoms with van der Waals surface area (Å²) in [6, 6.07) is 3.77. The topological polar surface area (TPSA) is 77.7 Å². The Hall–Kier alpha value is -1.99. The molecule has 3 aromatic heterocycles. The SMILES string of the molecule is CS(=O)(=O)c1ncc(Cc2cn(Cl)c3ncccc23)cn1. The first-order valence-electron chi connectivity index (χ1n) is 6.07. The predicted molar refractivity (Wildman–Crippen MR) is 78.9 cm³/mol. The minimum atomic E-state index is -3.38. The van der Waals surface area contributed by atoms with E-state index in [9.17, 15) is 8.42 Å². The van der Waals surface area contributed by atoms with E-state index in [0.29, 0.717) is 12.1 Å². The van der Waals surface area contributed by atoms with E-state index >= 15 is 0 Å². The predicted octanol–water partition coefficient (Wildman–Crippen LogP) is 1.82. The van der Waals surface area contributed by atoms with Gasteiger partial charge in [-0.3, -0.25) is 0 Å². The second-order valence-corrected chi connectivity index (χ2v) is 6.94. The number of hydrogen-bond acceptors (Lipinski definition) is 5. The highest BCUT2D eigenvalue weighted by Crippen LogP contribution is 2.22. The van der Waals surface area contributed by atoms with Crippen molar-refractivity contribution in [2.45, 2.75) is 11.6 Å². The molecule has 0 amide bonds. The summed E-state index contributed by atoms with van der Waals surface area (Å²) >= 11 is 6.07. The van der Waals surface area contributed by atoms with Crippen LogP contribution in [-0.4, -0.2) is 33.7 Å². The van der Waals surface area contributed by atoms with Gasteiger partial charge in [0.05, 0.1) is 0 Å². The summed E-state index contributed by atoms with van der Waals surface area (Å²) in [7, 11) is -3.38. The number of halogens is 1. The van der Waals surface area contributed by atoms with Gasteiger partial charge in [0, 0.05) is 54.6 Å². The van der Waals surface area contributed by atoms with Crippen molar-refractivity contribution in [3.8, 4) is 0 Å². The standard InChI is InChI=1S/C13H11ClN4O2S/c1-21(19,20)13-16-6-9(7-17-13)5-10-8-18(14)12-11(10)3-2-4-15-12/h2-4,6-8H,5H2,1H3. The molecule has 0 N–H and O–H groups in total. The van der Waals surface area contributed by atoms with Crippen LogP contribution in [0.1, 0.15) is 11.1 Å². The summed E-state index contributed by atoms with van der Waals surface area (Å²) in [5.74, 6) is 0. The van der Waals surface area contributed by atoms with Crippen LogP contribution in [0.4, 0.5) is 0 Å². The van der Waals surface area contributed by atoms with Crippen molar-refractivity contribution in [1.29, 1.82) is 0 Å². The third-order valence-electron chi connectivity index (χ3n) is 3.01. The molecule has 21 heavy (non-hydrogen) atoms. The first kappa shape index (κ1) is 14.0. The second-order valence-electron chi connectivity index (χ2n) is 4.66. The van der Waals surface area contributed by atoms with Crippen LogP contribution >= 0.6 is 11.8 Å². The number of aromatic nitrogens is 4. The molecule has 8 heteroatoms. The molecule has 0 unspecified atom stereocenters. The number of sulfone groups is 1. The number of nitrogens with zero attached hydrogens (tertiary/aromatic N) is 4. The fourth-order valence-electron chi connectivity index (χ4n) is 2.07. The maximum absolute atomic E-state index is 11.3. The molecule has 0 aromatic carbocycles. The molecule has 0 aliphatic carbocycles. The number of fused-ring (bicyclic) bond motifs is 1. The van der Waals surface area contributed by atoms with Crippen molar-refractivity contribution in [3.05, 3.63) is 48.0 Å². The third-order valence-corrected chi connectivity index (χ3v) is 4.14. The van der Waals surface area contributed by atoms with Gasteiger partial charge in [0.15, 0.2) is 5.65 Å². The second kappa shape index (κ2) is 5.09. The van der Waals surface area contributed by atoms with E-state index < -0.39 is 9.84 Å². The molecule has 0 fully saturated rings. The van der Waals surface area contributed by atoms with Crippen molar-refractivity contribution in [2.75, 3.05) is 6.26 Å². The Morgan fingerprint density at radius 3 is 2.62 bits per heavy atom. The summed E-state index contributed by atoms with van der Waals surface area (Å²) in [6.07, 6.45) is 8.10. The molecule has 0 saturated carbocycles. The van der Waals surface area contributed by atoms with Gasteiger partial charge in [-0.2, -0.15) is 0 Å². The van der Waals surface area contributed by atoms with Gasteiger partial charge in [-0.25, -0.2) is 27.5 Å². The molecular formula is C13H11ClN4O2S. The molecule has 0 atom stereocenters. The lowest BCUT2D eigenvalue weighted by Gasteiger charge is -2.01. The van der Waals surface area contributed by atoms with E-state index in [0.717, 1.165) is 22.8 Å². The monoisotopic (exact) mass is 322 g/mol. The summed E-state index contributed by atoms with van der Waals surface area (Å²) < 4.78 is 24.1. The normalized spacial score (nSPS) is 11.9. The van der Waals surface area contributed by atoms with Gasteiger partial charge >= 0.3 is 0 Å². The van der Waals surface area contributed by atoms with E-state index in [-0.39, 0.29) is 5.16 Å². The Labute approximate surface area is 126 Å². The average Bonchev–Trinajstić information content (AvgIpc) is 2.76. The van der Waals surface area contributed by atoms with E-state index in [1.54, 1.807) is 12.4 Å². The minimum absolute atomic E-state index is 0.173. The van der Waals surface area contributed by atoms with Crippen LogP contribution in [0, 0.1) is 0 Å². The van der Waals surface area contributed by atoms with Crippen LogP contribution in [0.15, 0.2) is 42.1 Å². The number of hydrogen-bond donors (Lipinski definition) is 0. The lowest BCUT2D eigenvalue weighted by atomic mass is 10.1. The summed E-state index contributed by atoms with van der Waals surface area (Å²) in [5, 5.41) is 0.771. The maximum Gasteiger partial charge on any atom is 0.246 e. The van der Waals surface area contributed by atoms with Crippen LogP contribution in [0.2, 0.25) is 0 Å². The quantitative estimate of drug-likeness (QED) is 0.687. The van der Waals surface area contributed by atoms with Gasteiger partial charge in [-0.15, -0.1) is 0 Å². The number of pyridine rings is 1. The summed E-state index contributed by atoms with van der Waals surface area (Å²) in [5.41, 5.74) is 2.46. The largest absolute Gasteiger partial charge is 0.246 e. The van der Waals surface area contributed by atoms with Gasteiger partial charge in [0.2, 0.25) is 15.0 Å². The van der Waals surface area contributed by atoms with E-state index in [2.05, 4.69) is 15.0 Å². The fraction of sp³-hybridized carbons (Fsp3) is 0.154. The minimum Gasteiger partial charge on any atom is -0.243 e. The smallest absolute Gasteiger partial charge is 0.243 e. The Morgan fingerprint density at radius 2 is 1.95 bits per heavy atom. The highest BCUT2D eigenvalue weighted by atomic mass is 35.5. The van der Waals surface area contributed by atoms with Gasteiger partial charge in [0.1, 0.15) is 0 Å². The molecule has 3 heterocycles.